The van der Waals surface area contributed by atoms with Crippen LogP contribution in [0.1, 0.15) is 24.0 Å². The summed E-state index contributed by atoms with van der Waals surface area (Å²) in [4.78, 5) is 2.29. The Morgan fingerprint density at radius 1 is 1.00 bits per heavy atom. The number of hydrogen-bond donors (Lipinski definition) is 1. The van der Waals surface area contributed by atoms with Crippen molar-refractivity contribution in [3.05, 3.63) is 65.7 Å². The molecule has 2 fully saturated rings. The summed E-state index contributed by atoms with van der Waals surface area (Å²) < 4.78 is 35.5. The van der Waals surface area contributed by atoms with Gasteiger partial charge in [-0.1, -0.05) is 49.4 Å². The Kier molecular flexibility index (Phi) is 5.92. The Hall–Kier alpha value is -1.93. The van der Waals surface area contributed by atoms with E-state index in [-0.39, 0.29) is 12.0 Å². The first-order valence-electron chi connectivity index (χ1n) is 10.2. The Bertz CT molecular complexity index is 910. The monoisotopic (exact) mass is 415 g/mol. The zero-order chi connectivity index (χ0) is 20.4. The average molecular weight is 416 g/mol. The summed E-state index contributed by atoms with van der Waals surface area (Å²) >= 11 is 0. The summed E-state index contributed by atoms with van der Waals surface area (Å²) in [5.74, 6) is 1.43. The van der Waals surface area contributed by atoms with E-state index >= 15 is 0 Å². The van der Waals surface area contributed by atoms with Crippen LogP contribution in [0.2, 0.25) is 0 Å². The van der Waals surface area contributed by atoms with E-state index in [9.17, 15) is 8.42 Å². The maximum absolute atomic E-state index is 12.9. The van der Waals surface area contributed by atoms with Crippen molar-refractivity contribution in [3.63, 3.8) is 0 Å². The van der Waals surface area contributed by atoms with E-state index in [1.165, 1.54) is 11.1 Å². The lowest BCUT2D eigenvalue weighted by atomic mass is 10.1. The Balaban J connectivity index is 1.29. The minimum Gasteiger partial charge on any atom is -0.497 e. The topological polar surface area (TPSA) is 61.9 Å². The number of piperazine rings is 1. The molecule has 6 nitrogen and oxygen atoms in total. The summed E-state index contributed by atoms with van der Waals surface area (Å²) in [7, 11) is -1.80. The fraction of sp³-hybridized carbons (Fsp3) is 0.455. The van der Waals surface area contributed by atoms with Crippen molar-refractivity contribution in [3.8, 4) is 5.75 Å². The highest BCUT2D eigenvalue weighted by Crippen LogP contribution is 2.47. The Morgan fingerprint density at radius 2 is 1.66 bits per heavy atom. The van der Waals surface area contributed by atoms with E-state index in [0.29, 0.717) is 19.0 Å². The number of rotatable bonds is 7. The predicted octanol–water partition coefficient (Wildman–Crippen LogP) is 2.45. The third kappa shape index (κ3) is 4.64. The molecule has 0 amide bonds. The quantitative estimate of drug-likeness (QED) is 0.755. The lowest BCUT2D eigenvalue weighted by molar-refractivity contribution is 0.180. The normalized spacial score (nSPS) is 25.7. The van der Waals surface area contributed by atoms with Gasteiger partial charge >= 0.3 is 0 Å². The molecule has 29 heavy (non-hydrogen) atoms. The van der Waals surface area contributed by atoms with Gasteiger partial charge in [-0.05, 0) is 29.2 Å². The molecule has 7 heteroatoms. The van der Waals surface area contributed by atoms with Gasteiger partial charge < -0.3 is 4.74 Å². The van der Waals surface area contributed by atoms with Crippen LogP contribution in [0.25, 0.3) is 0 Å². The summed E-state index contributed by atoms with van der Waals surface area (Å²) in [6.45, 7) is 5.43. The highest BCUT2D eigenvalue weighted by Gasteiger charge is 2.50. The number of methoxy groups -OCH3 is 1. The molecular weight excluding hydrogens is 386 g/mol. The van der Waals surface area contributed by atoms with Crippen molar-refractivity contribution in [2.75, 3.05) is 33.3 Å². The maximum Gasteiger partial charge on any atom is 0.279 e. The molecule has 2 aromatic rings. The Labute approximate surface area is 173 Å². The molecule has 3 atom stereocenters. The van der Waals surface area contributed by atoms with Gasteiger partial charge in [0.1, 0.15) is 5.75 Å². The molecule has 1 N–H and O–H groups in total. The van der Waals surface area contributed by atoms with Crippen LogP contribution in [0, 0.1) is 5.92 Å². The molecule has 156 valence electrons. The SMILES string of the molecule is COc1ccc(CN2CCN(S(=O)(=O)N[C@H]3[C@H](C)[C@@H]3c3ccccc3)CC2)cc1. The van der Waals surface area contributed by atoms with Crippen LogP contribution < -0.4 is 9.46 Å². The summed E-state index contributed by atoms with van der Waals surface area (Å²) in [6, 6.07) is 18.2. The lowest BCUT2D eigenvalue weighted by Gasteiger charge is -2.34. The molecule has 1 aliphatic carbocycles. The molecule has 2 aliphatic rings. The van der Waals surface area contributed by atoms with E-state index in [4.69, 9.17) is 4.74 Å². The van der Waals surface area contributed by atoms with E-state index in [1.54, 1.807) is 11.4 Å². The van der Waals surface area contributed by atoms with Gasteiger partial charge in [0.25, 0.3) is 10.2 Å². The highest BCUT2D eigenvalue weighted by molar-refractivity contribution is 7.87. The smallest absolute Gasteiger partial charge is 0.279 e. The zero-order valence-electron chi connectivity index (χ0n) is 17.0. The van der Waals surface area contributed by atoms with E-state index in [2.05, 4.69) is 40.8 Å². The second kappa shape index (κ2) is 8.44. The fourth-order valence-corrected chi connectivity index (χ4v) is 5.69. The molecule has 1 saturated carbocycles. The zero-order valence-corrected chi connectivity index (χ0v) is 17.8. The summed E-state index contributed by atoms with van der Waals surface area (Å²) in [5.41, 5.74) is 2.41. The van der Waals surface area contributed by atoms with Gasteiger partial charge in [0.2, 0.25) is 0 Å². The molecule has 2 aromatic carbocycles. The van der Waals surface area contributed by atoms with Crippen LogP contribution in [-0.2, 0) is 16.8 Å². The van der Waals surface area contributed by atoms with Gasteiger partial charge in [-0.25, -0.2) is 0 Å². The third-order valence-corrected chi connectivity index (χ3v) is 7.70. The first-order chi connectivity index (χ1) is 14.0. The minimum absolute atomic E-state index is 0.0141. The maximum atomic E-state index is 12.9. The second-order valence-electron chi connectivity index (χ2n) is 7.97. The van der Waals surface area contributed by atoms with E-state index < -0.39 is 10.2 Å². The highest BCUT2D eigenvalue weighted by atomic mass is 32.2. The third-order valence-electron chi connectivity index (χ3n) is 6.08. The van der Waals surface area contributed by atoms with Gasteiger partial charge in [-0.3, -0.25) is 4.90 Å². The molecule has 1 aliphatic heterocycles. The van der Waals surface area contributed by atoms with Crippen molar-refractivity contribution in [1.82, 2.24) is 13.9 Å². The van der Waals surface area contributed by atoms with Crippen LogP contribution in [0.15, 0.2) is 54.6 Å². The van der Waals surface area contributed by atoms with Crippen molar-refractivity contribution < 1.29 is 13.2 Å². The lowest BCUT2D eigenvalue weighted by Crippen LogP contribution is -2.52. The van der Waals surface area contributed by atoms with Gasteiger partial charge in [0.05, 0.1) is 7.11 Å². The van der Waals surface area contributed by atoms with Gasteiger partial charge in [-0.15, -0.1) is 0 Å². The van der Waals surface area contributed by atoms with Crippen LogP contribution in [0.5, 0.6) is 5.75 Å². The summed E-state index contributed by atoms with van der Waals surface area (Å²) in [6.07, 6.45) is 0. The van der Waals surface area contributed by atoms with Crippen LogP contribution in [-0.4, -0.2) is 57.0 Å². The standard InChI is InChI=1S/C22H29N3O3S/c1-17-21(19-6-4-3-5-7-19)22(17)23-29(26,27)25-14-12-24(13-15-25)16-18-8-10-20(28-2)11-9-18/h3-11,17,21-23H,12-16H2,1-2H3/t17-,21-,22+/m1/s1. The minimum atomic E-state index is -3.46. The van der Waals surface area contributed by atoms with Crippen LogP contribution in [0.3, 0.4) is 0 Å². The van der Waals surface area contributed by atoms with Crippen molar-refractivity contribution in [1.29, 1.82) is 0 Å². The molecule has 1 saturated heterocycles. The van der Waals surface area contributed by atoms with Gasteiger partial charge in [-0.2, -0.15) is 17.4 Å². The summed E-state index contributed by atoms with van der Waals surface area (Å²) in [5, 5.41) is 0. The van der Waals surface area contributed by atoms with Crippen molar-refractivity contribution in [2.24, 2.45) is 5.92 Å². The van der Waals surface area contributed by atoms with Gasteiger partial charge in [0.15, 0.2) is 0 Å². The van der Waals surface area contributed by atoms with E-state index in [1.807, 2.05) is 30.3 Å². The van der Waals surface area contributed by atoms with Gasteiger partial charge in [0, 0.05) is 44.7 Å². The molecular formula is C22H29N3O3S. The number of benzene rings is 2. The van der Waals surface area contributed by atoms with Crippen molar-refractivity contribution >= 4 is 10.2 Å². The Morgan fingerprint density at radius 3 is 2.28 bits per heavy atom. The molecule has 1 heterocycles. The van der Waals surface area contributed by atoms with Crippen LogP contribution in [0.4, 0.5) is 0 Å². The second-order valence-corrected chi connectivity index (χ2v) is 9.67. The molecule has 4 rings (SSSR count). The predicted molar refractivity (Wildman–Crippen MR) is 114 cm³/mol. The first-order valence-corrected chi connectivity index (χ1v) is 11.6. The largest absolute Gasteiger partial charge is 0.497 e. The number of ether oxygens (including phenoxy) is 1. The number of nitrogens with one attached hydrogen (secondary N) is 1. The number of nitrogens with zero attached hydrogens (tertiary/aromatic N) is 2. The number of hydrogen-bond acceptors (Lipinski definition) is 4. The molecule has 0 aromatic heterocycles. The molecule has 0 unspecified atom stereocenters. The molecule has 0 bridgehead atoms. The average Bonchev–Trinajstić information content (AvgIpc) is 3.37. The van der Waals surface area contributed by atoms with Crippen LogP contribution >= 0.6 is 0 Å². The molecule has 0 spiro atoms. The molecule has 0 radical (unpaired) electrons. The first kappa shape index (κ1) is 20.3. The van der Waals surface area contributed by atoms with E-state index in [0.717, 1.165) is 25.4 Å². The van der Waals surface area contributed by atoms with Crippen molar-refractivity contribution in [2.45, 2.75) is 25.4 Å². The fourth-order valence-electron chi connectivity index (χ4n) is 4.19.